The minimum Gasteiger partial charge on any atom is -0.832 e. The maximum atomic E-state index is 13.9. The van der Waals surface area contributed by atoms with E-state index in [9.17, 15) is 49.6 Å². The Morgan fingerprint density at radius 2 is 0.978 bits per heavy atom. The van der Waals surface area contributed by atoms with Gasteiger partial charge in [0.2, 0.25) is 0 Å². The summed E-state index contributed by atoms with van der Waals surface area (Å²) in [6, 6.07) is 10.9. The van der Waals surface area contributed by atoms with E-state index < -0.39 is 53.6 Å². The molecular weight excluding hydrogens is 628 g/mol. The van der Waals surface area contributed by atoms with E-state index in [1.54, 1.807) is 0 Å². The first-order valence-electron chi connectivity index (χ1n) is 14.3. The Labute approximate surface area is 262 Å². The quantitative estimate of drug-likeness (QED) is 0.133. The van der Waals surface area contributed by atoms with Crippen LogP contribution in [0.5, 0.6) is 0 Å². The number of rotatable bonds is 5. The van der Waals surface area contributed by atoms with Crippen LogP contribution in [0.3, 0.4) is 0 Å². The van der Waals surface area contributed by atoms with E-state index in [1.165, 1.54) is 18.2 Å². The molecule has 1 aliphatic carbocycles. The molecule has 3 aromatic rings. The van der Waals surface area contributed by atoms with E-state index in [2.05, 4.69) is 28.2 Å². The second-order valence-electron chi connectivity index (χ2n) is 12.6. The Morgan fingerprint density at radius 1 is 0.630 bits per heavy atom. The van der Waals surface area contributed by atoms with E-state index >= 15 is 0 Å². The fourth-order valence-corrected chi connectivity index (χ4v) is 5.94. The van der Waals surface area contributed by atoms with E-state index in [1.807, 2.05) is 0 Å². The van der Waals surface area contributed by atoms with Crippen LogP contribution in [0.25, 0.3) is 0 Å². The van der Waals surface area contributed by atoms with Gasteiger partial charge in [-0.3, -0.25) is 0 Å². The molecule has 1 fully saturated rings. The highest BCUT2D eigenvalue weighted by atomic mass is 19.4. The zero-order valence-corrected chi connectivity index (χ0v) is 25.7. The predicted molar refractivity (Wildman–Crippen MR) is 153 cm³/mol. The van der Waals surface area contributed by atoms with Gasteiger partial charge in [-0.2, -0.15) is 39.5 Å². The zero-order chi connectivity index (χ0) is 34.8. The first-order chi connectivity index (χ1) is 21.0. The lowest BCUT2D eigenvalue weighted by Crippen LogP contribution is -2.56. The number of benzene rings is 3. The van der Waals surface area contributed by atoms with Gasteiger partial charge in [-0.25, -0.2) is 0 Å². The van der Waals surface area contributed by atoms with Crippen molar-refractivity contribution in [2.45, 2.75) is 61.6 Å². The van der Waals surface area contributed by atoms with Gasteiger partial charge >= 0.3 is 25.9 Å². The van der Waals surface area contributed by atoms with Crippen molar-refractivity contribution in [1.29, 1.82) is 0 Å². The standard InChI is InChI=1S/C28H23BF9O3.C4H12N/c30-26(31,32)21-10-4-7-18(15-21)24(19-8-5-11-22(16-19)27(33,34)35)13-2-1-3-14-25(24,41-29(39)40)20-9-6-12-23(17-20)28(36,37)38;1-5(2,3)4/h4-12,15-17,39H,1-3,13-14H2;1-4H3/q-1;+1. The fourth-order valence-electron chi connectivity index (χ4n) is 5.94. The second-order valence-corrected chi connectivity index (χ2v) is 12.6. The minimum atomic E-state index is -4.88. The largest absolute Gasteiger partial charge is 0.832 e. The number of quaternary nitrogens is 1. The van der Waals surface area contributed by atoms with Crippen molar-refractivity contribution < 1.29 is 58.7 Å². The molecule has 1 atom stereocenters. The molecule has 0 spiro atoms. The normalized spacial score (nSPS) is 19.1. The highest BCUT2D eigenvalue weighted by Crippen LogP contribution is 2.58. The van der Waals surface area contributed by atoms with Crippen molar-refractivity contribution in [2.24, 2.45) is 0 Å². The van der Waals surface area contributed by atoms with Crippen LogP contribution in [0.2, 0.25) is 0 Å². The lowest BCUT2D eigenvalue weighted by atomic mass is 9.57. The molecule has 0 heterocycles. The lowest BCUT2D eigenvalue weighted by Gasteiger charge is -2.53. The molecule has 0 aromatic heterocycles. The van der Waals surface area contributed by atoms with Crippen molar-refractivity contribution in [3.05, 3.63) is 106 Å². The molecule has 1 unspecified atom stereocenters. The van der Waals surface area contributed by atoms with Gasteiger partial charge in [0.05, 0.1) is 55.9 Å². The maximum absolute atomic E-state index is 13.9. The molecule has 0 radical (unpaired) electrons. The molecule has 0 amide bonds. The summed E-state index contributed by atoms with van der Waals surface area (Å²) in [5.41, 5.74) is -8.65. The molecule has 0 aliphatic heterocycles. The van der Waals surface area contributed by atoms with Gasteiger partial charge in [0.15, 0.2) is 0 Å². The molecule has 4 nitrogen and oxygen atoms in total. The summed E-state index contributed by atoms with van der Waals surface area (Å²) in [4.78, 5) is 0. The van der Waals surface area contributed by atoms with Crippen LogP contribution in [0.15, 0.2) is 72.8 Å². The van der Waals surface area contributed by atoms with Crippen LogP contribution in [-0.4, -0.2) is 45.0 Å². The SMILES string of the molecule is C[N+](C)(C)C.[O-]B(O)OC1(c2cccc(C(F)(F)F)c2)CCCCCC1(c1cccc(C(F)(F)F)c1)c1cccc(C(F)(F)F)c1. The molecule has 0 saturated heterocycles. The van der Waals surface area contributed by atoms with Crippen LogP contribution in [0, 0.1) is 0 Å². The summed E-state index contributed by atoms with van der Waals surface area (Å²) in [5.74, 6) is 0. The van der Waals surface area contributed by atoms with Gasteiger partial charge in [0.1, 0.15) is 0 Å². The first kappa shape index (κ1) is 37.4. The Bertz CT molecular complexity index is 1400. The number of halogens is 9. The van der Waals surface area contributed by atoms with Crippen LogP contribution in [0.1, 0.15) is 65.5 Å². The number of hydrogen-bond acceptors (Lipinski definition) is 3. The van der Waals surface area contributed by atoms with Crippen molar-refractivity contribution in [2.75, 3.05) is 28.2 Å². The summed E-state index contributed by atoms with van der Waals surface area (Å²) < 4.78 is 131. The summed E-state index contributed by atoms with van der Waals surface area (Å²) in [7, 11) is 5.61. The third-order valence-electron chi connectivity index (χ3n) is 7.59. The molecule has 46 heavy (non-hydrogen) atoms. The first-order valence-corrected chi connectivity index (χ1v) is 14.3. The van der Waals surface area contributed by atoms with Crippen molar-refractivity contribution in [3.8, 4) is 0 Å². The Balaban J connectivity index is 0.00000107. The smallest absolute Gasteiger partial charge is 0.416 e. The second kappa shape index (κ2) is 13.6. The highest BCUT2D eigenvalue weighted by Gasteiger charge is 2.57. The Hall–Kier alpha value is -3.07. The Morgan fingerprint density at radius 3 is 1.35 bits per heavy atom. The molecule has 14 heteroatoms. The van der Waals surface area contributed by atoms with Gasteiger partial charge in [0, 0.05) is 0 Å². The fraction of sp³-hybridized carbons (Fsp3) is 0.438. The zero-order valence-electron chi connectivity index (χ0n) is 25.7. The molecule has 4 rings (SSSR count). The topological polar surface area (TPSA) is 52.5 Å². The van der Waals surface area contributed by atoms with Crippen molar-refractivity contribution in [1.82, 2.24) is 0 Å². The summed E-state index contributed by atoms with van der Waals surface area (Å²) >= 11 is 0. The van der Waals surface area contributed by atoms with Crippen LogP contribution >= 0.6 is 0 Å². The third-order valence-corrected chi connectivity index (χ3v) is 7.59. The van der Waals surface area contributed by atoms with Crippen LogP contribution in [-0.2, 0) is 34.2 Å². The van der Waals surface area contributed by atoms with Gasteiger partial charge in [0.25, 0.3) is 0 Å². The summed E-state index contributed by atoms with van der Waals surface area (Å²) in [5, 5.41) is 22.3. The highest BCUT2D eigenvalue weighted by molar-refractivity contribution is 6.30. The molecule has 1 N–H and O–H groups in total. The minimum absolute atomic E-state index is 0.183. The molecule has 1 saturated carbocycles. The lowest BCUT2D eigenvalue weighted by molar-refractivity contribution is -0.849. The average molecular weight is 663 g/mol. The van der Waals surface area contributed by atoms with Gasteiger partial charge in [-0.05, 0) is 53.8 Å². The van der Waals surface area contributed by atoms with E-state index in [4.69, 9.17) is 4.65 Å². The number of alkyl halides is 9. The maximum Gasteiger partial charge on any atom is 0.416 e. The van der Waals surface area contributed by atoms with E-state index in [0.29, 0.717) is 24.6 Å². The predicted octanol–water partition coefficient (Wildman–Crippen LogP) is 7.57. The van der Waals surface area contributed by atoms with Gasteiger partial charge in [-0.15, -0.1) is 0 Å². The molecule has 3 aromatic carbocycles. The average Bonchev–Trinajstić information content (AvgIpc) is 3.11. The summed E-state index contributed by atoms with van der Waals surface area (Å²) in [6.45, 7) is 0. The number of nitrogens with zero attached hydrogens (tertiary/aromatic N) is 1. The van der Waals surface area contributed by atoms with Gasteiger partial charge in [-0.1, -0.05) is 67.8 Å². The van der Waals surface area contributed by atoms with Crippen molar-refractivity contribution >= 4 is 7.32 Å². The van der Waals surface area contributed by atoms with Crippen LogP contribution < -0.4 is 5.02 Å². The molecular formula is C32H35BF9NO3. The molecule has 1 aliphatic rings. The van der Waals surface area contributed by atoms with Crippen LogP contribution in [0.4, 0.5) is 39.5 Å². The monoisotopic (exact) mass is 663 g/mol. The Kier molecular flexibility index (Phi) is 11.0. The van der Waals surface area contributed by atoms with Crippen molar-refractivity contribution in [3.63, 3.8) is 0 Å². The summed E-state index contributed by atoms with van der Waals surface area (Å²) in [6.07, 6.45) is -14.4. The number of hydrogen-bond donors (Lipinski definition) is 1. The molecule has 252 valence electrons. The van der Waals surface area contributed by atoms with E-state index in [0.717, 1.165) is 40.9 Å². The van der Waals surface area contributed by atoms with Gasteiger partial charge < -0.3 is 19.2 Å². The third kappa shape index (κ3) is 8.64. The van der Waals surface area contributed by atoms with E-state index in [-0.39, 0.29) is 42.4 Å². The molecule has 0 bridgehead atoms.